The Labute approximate surface area is 130 Å². The van der Waals surface area contributed by atoms with Crippen molar-refractivity contribution in [3.63, 3.8) is 0 Å². The van der Waals surface area contributed by atoms with Gasteiger partial charge in [-0.25, -0.2) is 5.43 Å². The van der Waals surface area contributed by atoms with E-state index in [1.165, 1.54) is 7.11 Å². The number of ether oxygens (including phenoxy) is 1. The quantitative estimate of drug-likeness (QED) is 0.570. The number of amides is 1. The van der Waals surface area contributed by atoms with Gasteiger partial charge in [-0.1, -0.05) is 24.3 Å². The summed E-state index contributed by atoms with van der Waals surface area (Å²) in [6, 6.07) is 13.0. The topological polar surface area (TPSA) is 84.8 Å². The van der Waals surface area contributed by atoms with Crippen LogP contribution in [0.4, 0.5) is 0 Å². The maximum Gasteiger partial charge on any atom is 0.271 e. The van der Waals surface area contributed by atoms with E-state index in [1.54, 1.807) is 48.5 Å². The molecule has 3 aromatic carbocycles. The second-order valence-electron chi connectivity index (χ2n) is 4.83. The molecule has 1 amide bonds. The summed E-state index contributed by atoms with van der Waals surface area (Å²) in [5.74, 6) is 0.142. The summed E-state index contributed by atoms with van der Waals surface area (Å²) in [6.45, 7) is 0. The number of benzene rings is 2. The van der Waals surface area contributed by atoms with Crippen LogP contribution in [0, 0.1) is 0 Å². The Morgan fingerprint density at radius 3 is 2.26 bits per heavy atom. The summed E-state index contributed by atoms with van der Waals surface area (Å²) < 4.78 is 5.01. The molecule has 1 N–H and O–H groups in total. The number of nitrogens with zero attached hydrogens (tertiary/aromatic N) is 1. The van der Waals surface area contributed by atoms with Crippen LogP contribution < -0.4 is 26.4 Å². The van der Waals surface area contributed by atoms with Crippen molar-refractivity contribution in [2.75, 3.05) is 7.11 Å². The van der Waals surface area contributed by atoms with Crippen molar-refractivity contribution >= 4 is 16.7 Å². The zero-order chi connectivity index (χ0) is 16.4. The molecule has 3 aromatic rings. The highest BCUT2D eigenvalue weighted by Gasteiger charge is 2.11. The van der Waals surface area contributed by atoms with E-state index >= 15 is 0 Å². The number of hydrogen-bond acceptors (Lipinski definition) is 5. The van der Waals surface area contributed by atoms with E-state index in [1.807, 2.05) is 0 Å². The van der Waals surface area contributed by atoms with Gasteiger partial charge in [0.1, 0.15) is 11.1 Å². The van der Waals surface area contributed by atoms with E-state index < -0.39 is 16.8 Å². The number of carbonyl (C=O) groups excluding carboxylic acids is 1. The van der Waals surface area contributed by atoms with E-state index in [-0.39, 0.29) is 5.36 Å². The number of rotatable bonds is 3. The SMILES string of the molecule is COc1ccc(C(=O)N/N=c2/c(=O)c(=O)c3ccccc23)cc1. The highest BCUT2D eigenvalue weighted by molar-refractivity contribution is 5.94. The smallest absolute Gasteiger partial charge is 0.271 e. The third-order valence-electron chi connectivity index (χ3n) is 3.47. The fourth-order valence-corrected chi connectivity index (χ4v) is 2.26. The maximum absolute atomic E-state index is 12.0. The molecule has 114 valence electrons. The van der Waals surface area contributed by atoms with Crippen molar-refractivity contribution in [3.8, 4) is 5.75 Å². The van der Waals surface area contributed by atoms with E-state index in [9.17, 15) is 14.4 Å². The predicted octanol–water partition coefficient (Wildman–Crippen LogP) is 0.690. The van der Waals surface area contributed by atoms with Crippen LogP contribution in [0.15, 0.2) is 63.2 Å². The Hall–Kier alpha value is -3.28. The molecular formula is C17H12N2O4. The van der Waals surface area contributed by atoms with Crippen LogP contribution in [-0.4, -0.2) is 13.0 Å². The van der Waals surface area contributed by atoms with Gasteiger partial charge in [-0.15, -0.1) is 0 Å². The monoisotopic (exact) mass is 308 g/mol. The van der Waals surface area contributed by atoms with Crippen LogP contribution in [0.2, 0.25) is 0 Å². The highest BCUT2D eigenvalue weighted by atomic mass is 16.5. The minimum Gasteiger partial charge on any atom is -0.497 e. The Bertz CT molecular complexity index is 1030. The van der Waals surface area contributed by atoms with Gasteiger partial charge in [0.05, 0.1) is 7.11 Å². The van der Waals surface area contributed by atoms with Gasteiger partial charge in [-0.2, -0.15) is 5.10 Å². The molecule has 0 bridgehead atoms. The minimum absolute atomic E-state index is 0.0486. The van der Waals surface area contributed by atoms with Crippen LogP contribution in [0.1, 0.15) is 10.4 Å². The molecule has 6 nitrogen and oxygen atoms in total. The molecule has 0 aliphatic rings. The van der Waals surface area contributed by atoms with E-state index in [0.29, 0.717) is 22.1 Å². The van der Waals surface area contributed by atoms with Crippen LogP contribution >= 0.6 is 0 Å². The van der Waals surface area contributed by atoms with Crippen molar-refractivity contribution < 1.29 is 9.53 Å². The van der Waals surface area contributed by atoms with Gasteiger partial charge < -0.3 is 4.74 Å². The normalized spacial score (nSPS) is 11.6. The Morgan fingerprint density at radius 2 is 1.61 bits per heavy atom. The first-order valence-corrected chi connectivity index (χ1v) is 6.82. The fraction of sp³-hybridized carbons (Fsp3) is 0.0588. The number of carbonyl (C=O) groups is 1. The van der Waals surface area contributed by atoms with Crippen molar-refractivity contribution in [2.45, 2.75) is 0 Å². The van der Waals surface area contributed by atoms with Gasteiger partial charge in [0.2, 0.25) is 5.43 Å². The van der Waals surface area contributed by atoms with E-state index in [2.05, 4.69) is 10.5 Å². The maximum atomic E-state index is 12.0. The second kappa shape index (κ2) is 5.84. The molecule has 23 heavy (non-hydrogen) atoms. The molecule has 0 saturated carbocycles. The molecule has 0 unspecified atom stereocenters. The molecule has 0 aliphatic heterocycles. The lowest BCUT2D eigenvalue weighted by atomic mass is 10.2. The van der Waals surface area contributed by atoms with Crippen molar-refractivity contribution in [1.29, 1.82) is 0 Å². The van der Waals surface area contributed by atoms with Gasteiger partial charge >= 0.3 is 0 Å². The van der Waals surface area contributed by atoms with Gasteiger partial charge in [-0.3, -0.25) is 14.4 Å². The van der Waals surface area contributed by atoms with Crippen molar-refractivity contribution in [1.82, 2.24) is 5.43 Å². The number of hydrogen-bond donors (Lipinski definition) is 1. The minimum atomic E-state index is -0.721. The summed E-state index contributed by atoms with van der Waals surface area (Å²) >= 11 is 0. The number of nitrogens with one attached hydrogen (secondary N) is 1. The third-order valence-corrected chi connectivity index (χ3v) is 3.47. The largest absolute Gasteiger partial charge is 0.497 e. The highest BCUT2D eigenvalue weighted by Crippen LogP contribution is 2.11. The lowest BCUT2D eigenvalue weighted by molar-refractivity contribution is 0.0953. The molecule has 0 atom stereocenters. The zero-order valence-electron chi connectivity index (χ0n) is 12.2. The first-order valence-electron chi connectivity index (χ1n) is 6.82. The Balaban J connectivity index is 1.97. The van der Waals surface area contributed by atoms with Crippen molar-refractivity contribution in [2.24, 2.45) is 5.10 Å². The lowest BCUT2D eigenvalue weighted by Gasteiger charge is -2.01. The summed E-state index contributed by atoms with van der Waals surface area (Å²) in [5, 5.41) is 4.51. The van der Waals surface area contributed by atoms with Crippen LogP contribution in [-0.2, 0) is 0 Å². The van der Waals surface area contributed by atoms with Gasteiger partial charge in [-0.05, 0) is 24.3 Å². The van der Waals surface area contributed by atoms with E-state index in [0.717, 1.165) is 0 Å². The Morgan fingerprint density at radius 1 is 0.957 bits per heavy atom. The van der Waals surface area contributed by atoms with Crippen LogP contribution in [0.25, 0.3) is 10.8 Å². The molecule has 0 aromatic heterocycles. The fourth-order valence-electron chi connectivity index (χ4n) is 2.26. The molecule has 0 spiro atoms. The number of fused-ring (bicyclic) bond motifs is 1. The second-order valence-corrected chi connectivity index (χ2v) is 4.83. The summed E-state index contributed by atoms with van der Waals surface area (Å²) in [6.07, 6.45) is 0. The summed E-state index contributed by atoms with van der Waals surface area (Å²) in [4.78, 5) is 35.8. The van der Waals surface area contributed by atoms with E-state index in [4.69, 9.17) is 4.74 Å². The molecule has 0 fully saturated rings. The molecule has 0 saturated heterocycles. The lowest BCUT2D eigenvalue weighted by Crippen LogP contribution is -2.33. The first-order chi connectivity index (χ1) is 11.1. The summed E-state index contributed by atoms with van der Waals surface area (Å²) in [7, 11) is 1.53. The van der Waals surface area contributed by atoms with Gasteiger partial charge in [0.25, 0.3) is 11.3 Å². The molecule has 0 heterocycles. The number of methoxy groups -OCH3 is 1. The molecule has 3 rings (SSSR count). The zero-order valence-corrected chi connectivity index (χ0v) is 12.2. The van der Waals surface area contributed by atoms with Crippen LogP contribution in [0.3, 0.4) is 0 Å². The van der Waals surface area contributed by atoms with Crippen LogP contribution in [0.5, 0.6) is 5.75 Å². The van der Waals surface area contributed by atoms with Gasteiger partial charge in [0, 0.05) is 16.3 Å². The first kappa shape index (κ1) is 14.6. The third kappa shape index (κ3) is 2.62. The average Bonchev–Trinajstić information content (AvgIpc) is 2.84. The summed E-state index contributed by atoms with van der Waals surface area (Å²) in [5.41, 5.74) is 1.33. The Kier molecular flexibility index (Phi) is 3.72. The standard InChI is InChI=1S/C17H12N2O4/c1-23-11-8-6-10(7-9-11)17(22)19-18-14-12-4-2-3-5-13(12)15(20)16(14)21/h2-9H,1H3,(H,19,22)/b18-14+. The molecule has 6 heteroatoms. The average molecular weight is 308 g/mol. The van der Waals surface area contributed by atoms with Crippen molar-refractivity contribution in [3.05, 3.63) is 79.9 Å². The van der Waals surface area contributed by atoms with Gasteiger partial charge in [0.15, 0.2) is 0 Å². The molecular weight excluding hydrogens is 296 g/mol. The predicted molar refractivity (Wildman–Crippen MR) is 84.9 cm³/mol. The molecule has 0 aliphatic carbocycles. The molecule has 0 radical (unpaired) electrons.